The van der Waals surface area contributed by atoms with Crippen LogP contribution in [0, 0.1) is 0 Å². The summed E-state index contributed by atoms with van der Waals surface area (Å²) in [4.78, 5) is 17.7. The average Bonchev–Trinajstić information content (AvgIpc) is 2.75. The third kappa shape index (κ3) is 4.72. The van der Waals surface area contributed by atoms with E-state index < -0.39 is 0 Å². The number of benzene rings is 2. The van der Waals surface area contributed by atoms with Gasteiger partial charge in [-0.3, -0.25) is 4.90 Å². The highest BCUT2D eigenvalue weighted by Crippen LogP contribution is 2.27. The molecule has 0 atom stereocenters. The number of rotatable bonds is 6. The zero-order valence-corrected chi connectivity index (χ0v) is 17.5. The highest BCUT2D eigenvalue weighted by Gasteiger charge is 2.20. The van der Waals surface area contributed by atoms with E-state index in [4.69, 9.17) is 22.1 Å². The van der Waals surface area contributed by atoms with Gasteiger partial charge in [0.2, 0.25) is 11.9 Å². The van der Waals surface area contributed by atoms with E-state index in [9.17, 15) is 0 Å². The molecule has 9 heteroatoms. The van der Waals surface area contributed by atoms with Crippen LogP contribution in [0.5, 0.6) is 5.75 Å². The molecule has 1 saturated heterocycles. The van der Waals surface area contributed by atoms with E-state index in [1.807, 2.05) is 42.5 Å². The van der Waals surface area contributed by atoms with E-state index in [2.05, 4.69) is 36.1 Å². The fraction of sp³-hybridized carbons (Fsp3) is 0.286. The van der Waals surface area contributed by atoms with Gasteiger partial charge in [0.15, 0.2) is 0 Å². The number of hydrogen-bond acceptors (Lipinski definition) is 8. The van der Waals surface area contributed by atoms with E-state index in [0.29, 0.717) is 24.1 Å². The number of anilines is 4. The van der Waals surface area contributed by atoms with Crippen molar-refractivity contribution < 1.29 is 4.74 Å². The van der Waals surface area contributed by atoms with Gasteiger partial charge in [0, 0.05) is 26.2 Å². The van der Waals surface area contributed by atoms with Crippen molar-refractivity contribution in [1.29, 1.82) is 0 Å². The van der Waals surface area contributed by atoms with Crippen molar-refractivity contribution in [2.75, 3.05) is 49.2 Å². The maximum Gasteiger partial charge on any atom is 0.232 e. The summed E-state index contributed by atoms with van der Waals surface area (Å²) in [6.07, 6.45) is 0. The van der Waals surface area contributed by atoms with Crippen LogP contribution in [-0.2, 0) is 6.54 Å². The Kier molecular flexibility index (Phi) is 6.15. The molecule has 0 unspecified atom stereocenters. The summed E-state index contributed by atoms with van der Waals surface area (Å²) in [6.45, 7) is 4.13. The Bertz CT molecular complexity index is 1010. The van der Waals surface area contributed by atoms with Crippen molar-refractivity contribution in [3.05, 3.63) is 59.4 Å². The minimum absolute atomic E-state index is 0.187. The molecule has 0 radical (unpaired) electrons. The van der Waals surface area contributed by atoms with Gasteiger partial charge in [0.05, 0.1) is 30.1 Å². The minimum Gasteiger partial charge on any atom is -0.495 e. The number of para-hydroxylation sites is 3. The van der Waals surface area contributed by atoms with Crippen LogP contribution >= 0.6 is 11.6 Å². The van der Waals surface area contributed by atoms with Gasteiger partial charge in [0.1, 0.15) is 11.6 Å². The van der Waals surface area contributed by atoms with Gasteiger partial charge >= 0.3 is 0 Å². The van der Waals surface area contributed by atoms with E-state index in [1.165, 1.54) is 0 Å². The zero-order chi connectivity index (χ0) is 20.9. The van der Waals surface area contributed by atoms with Crippen molar-refractivity contribution >= 4 is 34.9 Å². The minimum atomic E-state index is 0.187. The Labute approximate surface area is 180 Å². The van der Waals surface area contributed by atoms with Crippen LogP contribution in [0.1, 0.15) is 5.82 Å². The second kappa shape index (κ2) is 9.15. The Morgan fingerprint density at radius 3 is 2.50 bits per heavy atom. The number of nitrogen functional groups attached to an aromatic ring is 1. The maximum atomic E-state index is 6.33. The summed E-state index contributed by atoms with van der Waals surface area (Å²) >= 11 is 6.33. The van der Waals surface area contributed by atoms with Crippen molar-refractivity contribution in [2.45, 2.75) is 6.54 Å². The molecule has 2 aromatic carbocycles. The molecule has 1 aromatic heterocycles. The first-order valence-corrected chi connectivity index (χ1v) is 10.1. The molecule has 4 rings (SSSR count). The highest BCUT2D eigenvalue weighted by molar-refractivity contribution is 6.33. The van der Waals surface area contributed by atoms with E-state index in [1.54, 1.807) is 7.11 Å². The highest BCUT2D eigenvalue weighted by atomic mass is 35.5. The van der Waals surface area contributed by atoms with Crippen LogP contribution in [0.4, 0.5) is 23.3 Å². The maximum absolute atomic E-state index is 6.33. The molecule has 0 spiro atoms. The average molecular weight is 426 g/mol. The molecule has 2 heterocycles. The molecule has 0 saturated carbocycles. The number of halogens is 1. The smallest absolute Gasteiger partial charge is 0.232 e. The lowest BCUT2D eigenvalue weighted by Crippen LogP contribution is -2.46. The normalized spacial score (nSPS) is 14.5. The van der Waals surface area contributed by atoms with E-state index in [0.717, 1.165) is 42.6 Å². The monoisotopic (exact) mass is 425 g/mol. The summed E-state index contributed by atoms with van der Waals surface area (Å²) in [6, 6.07) is 15.5. The van der Waals surface area contributed by atoms with Gasteiger partial charge in [-0.2, -0.15) is 15.0 Å². The molecule has 1 aliphatic heterocycles. The number of nitrogens with zero attached hydrogens (tertiary/aromatic N) is 5. The van der Waals surface area contributed by atoms with Crippen LogP contribution in [0.15, 0.2) is 48.5 Å². The molecule has 30 heavy (non-hydrogen) atoms. The van der Waals surface area contributed by atoms with Crippen molar-refractivity contribution in [3.8, 4) is 5.75 Å². The molecule has 1 aliphatic rings. The van der Waals surface area contributed by atoms with Crippen LogP contribution < -0.4 is 20.7 Å². The fourth-order valence-electron chi connectivity index (χ4n) is 3.49. The van der Waals surface area contributed by atoms with Gasteiger partial charge < -0.3 is 20.7 Å². The lowest BCUT2D eigenvalue weighted by Gasteiger charge is -2.36. The molecule has 3 N–H and O–H groups in total. The van der Waals surface area contributed by atoms with Gasteiger partial charge in [-0.25, -0.2) is 0 Å². The summed E-state index contributed by atoms with van der Waals surface area (Å²) in [5.41, 5.74) is 7.77. The molecular weight excluding hydrogens is 402 g/mol. The van der Waals surface area contributed by atoms with Crippen LogP contribution in [-0.4, -0.2) is 53.1 Å². The largest absolute Gasteiger partial charge is 0.495 e. The van der Waals surface area contributed by atoms with E-state index in [-0.39, 0.29) is 5.95 Å². The molecule has 3 aromatic rings. The first kappa shape index (κ1) is 20.2. The summed E-state index contributed by atoms with van der Waals surface area (Å²) in [5, 5.41) is 3.95. The Morgan fingerprint density at radius 2 is 1.73 bits per heavy atom. The van der Waals surface area contributed by atoms with Gasteiger partial charge in [-0.05, 0) is 24.3 Å². The zero-order valence-electron chi connectivity index (χ0n) is 16.8. The molecule has 8 nitrogen and oxygen atoms in total. The second-order valence-electron chi connectivity index (χ2n) is 6.97. The predicted molar refractivity (Wildman–Crippen MR) is 119 cm³/mol. The first-order chi connectivity index (χ1) is 14.6. The third-order valence-corrected chi connectivity index (χ3v) is 5.30. The number of hydrogen-bond donors (Lipinski definition) is 2. The Hall–Kier alpha value is -3.10. The number of piperazine rings is 1. The Morgan fingerprint density at radius 1 is 1.00 bits per heavy atom. The van der Waals surface area contributed by atoms with Crippen molar-refractivity contribution in [2.24, 2.45) is 0 Å². The third-order valence-electron chi connectivity index (χ3n) is 4.98. The van der Waals surface area contributed by atoms with Crippen molar-refractivity contribution in [1.82, 2.24) is 19.9 Å². The van der Waals surface area contributed by atoms with Gasteiger partial charge in [-0.1, -0.05) is 35.9 Å². The number of nitrogens with two attached hydrogens (primary N) is 1. The number of nitrogens with one attached hydrogen (secondary N) is 1. The SMILES string of the molecule is COc1ccccc1Nc1nc(N)nc(CN2CCN(c3ccccc3Cl)CC2)n1. The molecular formula is C21H24ClN7O. The van der Waals surface area contributed by atoms with Crippen LogP contribution in [0.3, 0.4) is 0 Å². The summed E-state index contributed by atoms with van der Waals surface area (Å²) in [5.74, 6) is 1.92. The van der Waals surface area contributed by atoms with Gasteiger partial charge in [0.25, 0.3) is 0 Å². The molecule has 0 bridgehead atoms. The molecule has 1 fully saturated rings. The number of ether oxygens (including phenoxy) is 1. The fourth-order valence-corrected chi connectivity index (χ4v) is 3.74. The molecule has 156 valence electrons. The standard InChI is InChI=1S/C21H24ClN7O/c1-30-18-9-5-3-7-16(18)24-21-26-19(25-20(23)27-21)14-28-10-12-29(13-11-28)17-8-4-2-6-15(17)22/h2-9H,10-14H2,1H3,(H3,23,24,25,26,27). The Balaban J connectivity index is 1.41. The quantitative estimate of drug-likeness (QED) is 0.622. The predicted octanol–water partition coefficient (Wildman–Crippen LogP) is 3.18. The molecule has 0 amide bonds. The van der Waals surface area contributed by atoms with Gasteiger partial charge in [-0.15, -0.1) is 0 Å². The lowest BCUT2D eigenvalue weighted by atomic mass is 10.2. The van der Waals surface area contributed by atoms with E-state index >= 15 is 0 Å². The topological polar surface area (TPSA) is 92.4 Å². The summed E-state index contributed by atoms with van der Waals surface area (Å²) in [7, 11) is 1.62. The second-order valence-corrected chi connectivity index (χ2v) is 7.38. The lowest BCUT2D eigenvalue weighted by molar-refractivity contribution is 0.244. The number of aromatic nitrogens is 3. The first-order valence-electron chi connectivity index (χ1n) is 9.74. The van der Waals surface area contributed by atoms with Crippen molar-refractivity contribution in [3.63, 3.8) is 0 Å². The van der Waals surface area contributed by atoms with Crippen LogP contribution in [0.25, 0.3) is 0 Å². The number of methoxy groups -OCH3 is 1. The summed E-state index contributed by atoms with van der Waals surface area (Å²) < 4.78 is 5.37. The molecule has 0 aliphatic carbocycles. The van der Waals surface area contributed by atoms with Crippen LogP contribution in [0.2, 0.25) is 5.02 Å².